The van der Waals surface area contributed by atoms with Gasteiger partial charge in [-0.25, -0.2) is 9.37 Å². The van der Waals surface area contributed by atoms with Crippen molar-refractivity contribution in [2.75, 3.05) is 18.8 Å². The molecule has 1 aromatic heterocycles. The van der Waals surface area contributed by atoms with Crippen LogP contribution in [0.3, 0.4) is 0 Å². The quantitative estimate of drug-likeness (QED) is 0.708. The average molecular weight is 195 g/mol. The zero-order valence-corrected chi connectivity index (χ0v) is 7.96. The molecule has 1 fully saturated rings. The molecule has 0 amide bonds. The Morgan fingerprint density at radius 2 is 2.43 bits per heavy atom. The van der Waals surface area contributed by atoms with Crippen LogP contribution in [-0.2, 0) is 5.67 Å². The maximum absolute atomic E-state index is 14.4. The molecular formula is C10H14FN3. The predicted molar refractivity (Wildman–Crippen MR) is 53.5 cm³/mol. The lowest BCUT2D eigenvalue weighted by molar-refractivity contribution is 0.122. The van der Waals surface area contributed by atoms with Gasteiger partial charge in [-0.1, -0.05) is 6.07 Å². The molecular weight excluding hydrogens is 181 g/mol. The van der Waals surface area contributed by atoms with Crippen LogP contribution in [0.2, 0.25) is 0 Å². The van der Waals surface area contributed by atoms with E-state index >= 15 is 0 Å². The molecule has 0 spiro atoms. The van der Waals surface area contributed by atoms with Gasteiger partial charge in [-0.15, -0.1) is 0 Å². The number of piperidine rings is 1. The minimum Gasteiger partial charge on any atom is -0.383 e. The van der Waals surface area contributed by atoms with Gasteiger partial charge in [-0.3, -0.25) is 0 Å². The Morgan fingerprint density at radius 3 is 3.07 bits per heavy atom. The van der Waals surface area contributed by atoms with E-state index in [1.54, 1.807) is 18.3 Å². The van der Waals surface area contributed by atoms with Crippen LogP contribution in [0.5, 0.6) is 0 Å². The van der Waals surface area contributed by atoms with Gasteiger partial charge < -0.3 is 11.1 Å². The topological polar surface area (TPSA) is 50.9 Å². The highest BCUT2D eigenvalue weighted by Gasteiger charge is 2.35. The van der Waals surface area contributed by atoms with Crippen LogP contribution in [0.25, 0.3) is 0 Å². The Morgan fingerprint density at radius 1 is 1.57 bits per heavy atom. The van der Waals surface area contributed by atoms with E-state index < -0.39 is 5.67 Å². The van der Waals surface area contributed by atoms with Gasteiger partial charge in [-0.05, 0) is 25.5 Å². The SMILES string of the molecule is Nc1ncccc1C1(F)CCCNC1. The van der Waals surface area contributed by atoms with Crippen LogP contribution >= 0.6 is 0 Å². The maximum atomic E-state index is 14.4. The van der Waals surface area contributed by atoms with Crippen molar-refractivity contribution in [2.24, 2.45) is 0 Å². The third-order valence-electron chi connectivity index (χ3n) is 2.65. The van der Waals surface area contributed by atoms with Gasteiger partial charge in [0.05, 0.1) is 0 Å². The summed E-state index contributed by atoms with van der Waals surface area (Å²) in [5.41, 5.74) is 4.84. The summed E-state index contributed by atoms with van der Waals surface area (Å²) in [7, 11) is 0. The molecule has 2 rings (SSSR count). The fourth-order valence-electron chi connectivity index (χ4n) is 1.89. The molecule has 1 aliphatic heterocycles. The van der Waals surface area contributed by atoms with Crippen molar-refractivity contribution in [1.82, 2.24) is 10.3 Å². The molecule has 1 saturated heterocycles. The van der Waals surface area contributed by atoms with Gasteiger partial charge in [0.2, 0.25) is 0 Å². The van der Waals surface area contributed by atoms with E-state index in [1.165, 1.54) is 0 Å². The number of hydrogen-bond acceptors (Lipinski definition) is 3. The number of pyridine rings is 1. The summed E-state index contributed by atoms with van der Waals surface area (Å²) in [6.45, 7) is 1.22. The lowest BCUT2D eigenvalue weighted by atomic mass is 9.89. The van der Waals surface area contributed by atoms with Crippen LogP contribution in [0.1, 0.15) is 18.4 Å². The molecule has 3 nitrogen and oxygen atoms in total. The Balaban J connectivity index is 2.32. The van der Waals surface area contributed by atoms with E-state index in [0.29, 0.717) is 24.3 Å². The van der Waals surface area contributed by atoms with Crippen molar-refractivity contribution in [3.8, 4) is 0 Å². The van der Waals surface area contributed by atoms with E-state index in [9.17, 15) is 4.39 Å². The molecule has 4 heteroatoms. The largest absolute Gasteiger partial charge is 0.383 e. The highest BCUT2D eigenvalue weighted by Crippen LogP contribution is 2.34. The number of halogens is 1. The van der Waals surface area contributed by atoms with Gasteiger partial charge >= 0.3 is 0 Å². The Bertz CT molecular complexity index is 321. The van der Waals surface area contributed by atoms with Crippen molar-refractivity contribution in [3.05, 3.63) is 23.9 Å². The number of nitrogens with zero attached hydrogens (tertiary/aromatic N) is 1. The number of rotatable bonds is 1. The van der Waals surface area contributed by atoms with Gasteiger partial charge in [-0.2, -0.15) is 0 Å². The van der Waals surface area contributed by atoms with Crippen LogP contribution in [-0.4, -0.2) is 18.1 Å². The van der Waals surface area contributed by atoms with E-state index in [2.05, 4.69) is 10.3 Å². The summed E-state index contributed by atoms with van der Waals surface area (Å²) in [4.78, 5) is 3.91. The lowest BCUT2D eigenvalue weighted by Crippen LogP contribution is -2.40. The minimum absolute atomic E-state index is 0.304. The van der Waals surface area contributed by atoms with Crippen LogP contribution in [0.4, 0.5) is 10.2 Å². The minimum atomic E-state index is -1.34. The second-order valence-corrected chi connectivity index (χ2v) is 3.68. The summed E-state index contributed by atoms with van der Waals surface area (Å²) in [5, 5.41) is 3.04. The van der Waals surface area contributed by atoms with Crippen LogP contribution in [0.15, 0.2) is 18.3 Å². The Hall–Kier alpha value is -1.16. The number of anilines is 1. The molecule has 76 valence electrons. The molecule has 0 bridgehead atoms. The smallest absolute Gasteiger partial charge is 0.151 e. The summed E-state index contributed by atoms with van der Waals surface area (Å²) < 4.78 is 14.4. The molecule has 1 atom stereocenters. The van der Waals surface area contributed by atoms with E-state index in [4.69, 9.17) is 5.73 Å². The molecule has 0 aliphatic carbocycles. The van der Waals surface area contributed by atoms with Crippen molar-refractivity contribution >= 4 is 5.82 Å². The maximum Gasteiger partial charge on any atom is 0.151 e. The number of hydrogen-bond donors (Lipinski definition) is 2. The van der Waals surface area contributed by atoms with Crippen molar-refractivity contribution in [3.63, 3.8) is 0 Å². The molecule has 1 aromatic rings. The highest BCUT2D eigenvalue weighted by atomic mass is 19.1. The second-order valence-electron chi connectivity index (χ2n) is 3.68. The molecule has 2 heterocycles. The fraction of sp³-hybridized carbons (Fsp3) is 0.500. The fourth-order valence-corrected chi connectivity index (χ4v) is 1.89. The number of nitrogens with two attached hydrogens (primary N) is 1. The lowest BCUT2D eigenvalue weighted by Gasteiger charge is -2.30. The van der Waals surface area contributed by atoms with E-state index in [0.717, 1.165) is 13.0 Å². The first-order valence-electron chi connectivity index (χ1n) is 4.83. The van der Waals surface area contributed by atoms with Gasteiger partial charge in [0.15, 0.2) is 5.67 Å². The molecule has 1 aliphatic rings. The predicted octanol–water partition coefficient (Wildman–Crippen LogP) is 1.21. The van der Waals surface area contributed by atoms with Gasteiger partial charge in [0.1, 0.15) is 5.82 Å². The first-order valence-corrected chi connectivity index (χ1v) is 4.83. The third-order valence-corrected chi connectivity index (χ3v) is 2.65. The summed E-state index contributed by atoms with van der Waals surface area (Å²) in [5.74, 6) is 0.304. The van der Waals surface area contributed by atoms with E-state index in [-0.39, 0.29) is 0 Å². The van der Waals surface area contributed by atoms with E-state index in [1.807, 2.05) is 0 Å². The van der Waals surface area contributed by atoms with Crippen LogP contribution < -0.4 is 11.1 Å². The average Bonchev–Trinajstić information content (AvgIpc) is 2.19. The summed E-state index contributed by atoms with van der Waals surface area (Å²) >= 11 is 0. The monoisotopic (exact) mass is 195 g/mol. The zero-order valence-electron chi connectivity index (χ0n) is 7.96. The number of alkyl halides is 1. The van der Waals surface area contributed by atoms with Crippen molar-refractivity contribution in [1.29, 1.82) is 0 Å². The highest BCUT2D eigenvalue weighted by molar-refractivity contribution is 5.43. The Labute approximate surface area is 82.5 Å². The number of aromatic nitrogens is 1. The molecule has 0 aromatic carbocycles. The molecule has 1 unspecified atom stereocenters. The number of nitrogens with one attached hydrogen (secondary N) is 1. The second kappa shape index (κ2) is 3.53. The van der Waals surface area contributed by atoms with Crippen LogP contribution in [0, 0.1) is 0 Å². The Kier molecular flexibility index (Phi) is 2.37. The standard InChI is InChI=1S/C10H14FN3/c11-10(4-2-5-13-7-10)8-3-1-6-14-9(8)12/h1,3,6,13H,2,4-5,7H2,(H2,12,14). The van der Waals surface area contributed by atoms with Crippen molar-refractivity contribution < 1.29 is 4.39 Å². The summed E-state index contributed by atoms with van der Waals surface area (Å²) in [6.07, 6.45) is 2.94. The molecule has 3 N–H and O–H groups in total. The molecule has 0 radical (unpaired) electrons. The summed E-state index contributed by atoms with van der Waals surface area (Å²) in [6, 6.07) is 3.44. The first-order chi connectivity index (χ1) is 6.72. The van der Waals surface area contributed by atoms with Gasteiger partial charge in [0, 0.05) is 18.3 Å². The zero-order chi connectivity index (χ0) is 10.0. The molecule has 14 heavy (non-hydrogen) atoms. The molecule has 0 saturated carbocycles. The van der Waals surface area contributed by atoms with Crippen molar-refractivity contribution in [2.45, 2.75) is 18.5 Å². The normalized spacial score (nSPS) is 27.5. The third kappa shape index (κ3) is 1.57. The van der Waals surface area contributed by atoms with Gasteiger partial charge in [0.25, 0.3) is 0 Å². The number of nitrogen functional groups attached to an aromatic ring is 1. The first kappa shape index (κ1) is 9.40.